The number of rotatable bonds is 3. The first-order chi connectivity index (χ1) is 7.08. The van der Waals surface area contributed by atoms with E-state index in [2.05, 4.69) is 0 Å². The molecule has 0 aromatic heterocycles. The first-order valence-corrected chi connectivity index (χ1v) is 7.30. The topological polar surface area (TPSA) is 80.5 Å². The minimum atomic E-state index is -3.31. The quantitative estimate of drug-likeness (QED) is 0.738. The maximum absolute atomic E-state index is 11.8. The summed E-state index contributed by atoms with van der Waals surface area (Å²) in [5.74, 6) is -0.0608. The first-order valence-electron chi connectivity index (χ1n) is 5.34. The Hall–Kier alpha value is -0.620. The third-order valence-corrected chi connectivity index (χ3v) is 4.91. The van der Waals surface area contributed by atoms with Crippen molar-refractivity contribution >= 4 is 15.7 Å². The second kappa shape index (κ2) is 4.00. The Balaban J connectivity index is 2.63. The van der Waals surface area contributed by atoms with Crippen LogP contribution in [0.2, 0.25) is 0 Å². The van der Waals surface area contributed by atoms with Gasteiger partial charge in [-0.2, -0.15) is 0 Å². The molecule has 1 amide bonds. The molecule has 94 valence electrons. The van der Waals surface area contributed by atoms with Crippen LogP contribution in [0.3, 0.4) is 0 Å². The van der Waals surface area contributed by atoms with Gasteiger partial charge in [-0.3, -0.25) is 4.79 Å². The van der Waals surface area contributed by atoms with E-state index >= 15 is 0 Å². The molecule has 1 aliphatic rings. The number of nitrogens with two attached hydrogens (primary N) is 1. The van der Waals surface area contributed by atoms with Gasteiger partial charge in [0.2, 0.25) is 5.91 Å². The predicted octanol–water partition coefficient (Wildman–Crippen LogP) is -0.385. The number of sulfone groups is 1. The molecule has 0 bridgehead atoms. The second-order valence-electron chi connectivity index (χ2n) is 5.05. The summed E-state index contributed by atoms with van der Waals surface area (Å²) in [5.41, 5.74) is 5.69. The number of hydrogen-bond acceptors (Lipinski definition) is 4. The van der Waals surface area contributed by atoms with Crippen molar-refractivity contribution in [3.63, 3.8) is 0 Å². The van der Waals surface area contributed by atoms with Gasteiger partial charge in [0, 0.05) is 19.3 Å². The molecule has 16 heavy (non-hydrogen) atoms. The molecule has 1 aliphatic heterocycles. The van der Waals surface area contributed by atoms with Gasteiger partial charge >= 0.3 is 0 Å². The Morgan fingerprint density at radius 2 is 1.75 bits per heavy atom. The minimum absolute atomic E-state index is 0.282. The zero-order valence-electron chi connectivity index (χ0n) is 10.2. The standard InChI is InChI=1S/C10H20N2O3S/c1-7(2)10(11)5-12(6-10)9(13)8(3)16(4,14)15/h7-8H,5-6,11H2,1-4H3. The highest BCUT2D eigenvalue weighted by molar-refractivity contribution is 7.92. The maximum Gasteiger partial charge on any atom is 0.240 e. The lowest BCUT2D eigenvalue weighted by Crippen LogP contribution is -2.72. The van der Waals surface area contributed by atoms with Gasteiger partial charge < -0.3 is 10.6 Å². The molecule has 1 saturated heterocycles. The fourth-order valence-corrected chi connectivity index (χ4v) is 2.14. The van der Waals surface area contributed by atoms with Crippen LogP contribution >= 0.6 is 0 Å². The first kappa shape index (κ1) is 13.4. The number of likely N-dealkylation sites (tertiary alicyclic amines) is 1. The Morgan fingerprint density at radius 1 is 1.31 bits per heavy atom. The van der Waals surface area contributed by atoms with Gasteiger partial charge in [-0.05, 0) is 12.8 Å². The monoisotopic (exact) mass is 248 g/mol. The molecule has 0 aromatic rings. The molecule has 0 radical (unpaired) electrons. The van der Waals surface area contributed by atoms with E-state index in [1.807, 2.05) is 13.8 Å². The van der Waals surface area contributed by atoms with Crippen LogP contribution in [0.15, 0.2) is 0 Å². The molecule has 1 atom stereocenters. The minimum Gasteiger partial charge on any atom is -0.338 e. The highest BCUT2D eigenvalue weighted by atomic mass is 32.2. The highest BCUT2D eigenvalue weighted by Crippen LogP contribution is 2.27. The molecular formula is C10H20N2O3S. The molecule has 1 fully saturated rings. The van der Waals surface area contributed by atoms with Crippen LogP contribution in [0.25, 0.3) is 0 Å². The second-order valence-corrected chi connectivity index (χ2v) is 7.42. The van der Waals surface area contributed by atoms with E-state index in [-0.39, 0.29) is 17.4 Å². The molecule has 6 heteroatoms. The van der Waals surface area contributed by atoms with Crippen molar-refractivity contribution in [2.75, 3.05) is 19.3 Å². The number of carbonyl (C=O) groups is 1. The molecule has 0 saturated carbocycles. The van der Waals surface area contributed by atoms with E-state index in [0.29, 0.717) is 13.1 Å². The lowest BCUT2D eigenvalue weighted by atomic mass is 9.80. The summed E-state index contributed by atoms with van der Waals surface area (Å²) in [5, 5.41) is -0.968. The van der Waals surface area contributed by atoms with Crippen LogP contribution in [0, 0.1) is 5.92 Å². The third kappa shape index (κ3) is 2.38. The predicted molar refractivity (Wildman–Crippen MR) is 62.6 cm³/mol. The highest BCUT2D eigenvalue weighted by Gasteiger charge is 2.46. The van der Waals surface area contributed by atoms with Crippen LogP contribution in [0.5, 0.6) is 0 Å². The zero-order valence-corrected chi connectivity index (χ0v) is 11.0. The fourth-order valence-electron chi connectivity index (χ4n) is 1.63. The number of hydrogen-bond donors (Lipinski definition) is 1. The lowest BCUT2D eigenvalue weighted by molar-refractivity contribution is -0.139. The Labute approximate surface area is 96.9 Å². The zero-order chi connectivity index (χ0) is 12.7. The van der Waals surface area contributed by atoms with E-state index in [0.717, 1.165) is 6.26 Å². The Bertz CT molecular complexity index is 383. The summed E-state index contributed by atoms with van der Waals surface area (Å²) < 4.78 is 22.5. The van der Waals surface area contributed by atoms with E-state index < -0.39 is 15.1 Å². The average Bonchev–Trinajstić information content (AvgIpc) is 2.08. The summed E-state index contributed by atoms with van der Waals surface area (Å²) in [6.07, 6.45) is 1.08. The van der Waals surface area contributed by atoms with Crippen LogP contribution in [-0.4, -0.2) is 49.4 Å². The van der Waals surface area contributed by atoms with E-state index in [1.165, 1.54) is 11.8 Å². The third-order valence-electron chi connectivity index (χ3n) is 3.42. The van der Waals surface area contributed by atoms with Crippen molar-refractivity contribution in [2.45, 2.75) is 31.6 Å². The van der Waals surface area contributed by atoms with Gasteiger partial charge in [0.25, 0.3) is 0 Å². The molecule has 0 spiro atoms. The maximum atomic E-state index is 11.8. The number of carbonyl (C=O) groups excluding carboxylic acids is 1. The van der Waals surface area contributed by atoms with Gasteiger partial charge in [-0.15, -0.1) is 0 Å². The van der Waals surface area contributed by atoms with Crippen molar-refractivity contribution in [3.05, 3.63) is 0 Å². The number of amides is 1. The lowest BCUT2D eigenvalue weighted by Gasteiger charge is -2.50. The molecule has 0 aromatic carbocycles. The van der Waals surface area contributed by atoms with Gasteiger partial charge in [0.1, 0.15) is 5.25 Å². The number of nitrogens with zero attached hydrogens (tertiary/aromatic N) is 1. The molecule has 5 nitrogen and oxygen atoms in total. The molecule has 1 unspecified atom stereocenters. The van der Waals surface area contributed by atoms with E-state index in [1.54, 1.807) is 0 Å². The summed E-state index contributed by atoms with van der Waals surface area (Å²) in [6, 6.07) is 0. The van der Waals surface area contributed by atoms with Gasteiger partial charge in [-0.25, -0.2) is 8.42 Å². The summed E-state index contributed by atoms with van der Waals surface area (Å²) in [7, 11) is -3.31. The largest absolute Gasteiger partial charge is 0.338 e. The molecule has 0 aliphatic carbocycles. The van der Waals surface area contributed by atoms with Gasteiger partial charge in [-0.1, -0.05) is 13.8 Å². The smallest absolute Gasteiger partial charge is 0.240 e. The fraction of sp³-hybridized carbons (Fsp3) is 0.900. The summed E-state index contributed by atoms with van der Waals surface area (Å²) >= 11 is 0. The molecule has 1 heterocycles. The van der Waals surface area contributed by atoms with Crippen molar-refractivity contribution in [1.29, 1.82) is 0 Å². The summed E-state index contributed by atoms with van der Waals surface area (Å²) in [4.78, 5) is 13.3. The van der Waals surface area contributed by atoms with Crippen LogP contribution < -0.4 is 5.73 Å². The average molecular weight is 248 g/mol. The van der Waals surface area contributed by atoms with E-state index in [9.17, 15) is 13.2 Å². The van der Waals surface area contributed by atoms with Crippen LogP contribution in [-0.2, 0) is 14.6 Å². The van der Waals surface area contributed by atoms with Crippen LogP contribution in [0.1, 0.15) is 20.8 Å². The Morgan fingerprint density at radius 3 is 2.06 bits per heavy atom. The molecular weight excluding hydrogens is 228 g/mol. The van der Waals surface area contributed by atoms with E-state index in [4.69, 9.17) is 5.73 Å². The van der Waals surface area contributed by atoms with Crippen molar-refractivity contribution in [2.24, 2.45) is 11.7 Å². The van der Waals surface area contributed by atoms with Crippen LogP contribution in [0.4, 0.5) is 0 Å². The Kier molecular flexibility index (Phi) is 3.36. The van der Waals surface area contributed by atoms with Crippen molar-refractivity contribution < 1.29 is 13.2 Å². The SMILES string of the molecule is CC(C)C1(N)CN(C(=O)C(C)S(C)(=O)=O)C1. The summed E-state index contributed by atoms with van der Waals surface area (Å²) in [6.45, 7) is 6.32. The van der Waals surface area contributed by atoms with Crippen molar-refractivity contribution in [1.82, 2.24) is 4.90 Å². The van der Waals surface area contributed by atoms with Gasteiger partial charge in [0.05, 0.1) is 5.54 Å². The molecule has 2 N–H and O–H groups in total. The molecule has 1 rings (SSSR count). The van der Waals surface area contributed by atoms with Crippen molar-refractivity contribution in [3.8, 4) is 0 Å². The van der Waals surface area contributed by atoms with Gasteiger partial charge in [0.15, 0.2) is 9.84 Å². The normalized spacial score (nSPS) is 21.8.